The van der Waals surface area contributed by atoms with Crippen molar-refractivity contribution in [1.82, 2.24) is 9.97 Å². The quantitative estimate of drug-likeness (QED) is 0.673. The van der Waals surface area contributed by atoms with Crippen molar-refractivity contribution < 1.29 is 4.74 Å². The number of hydrogen-bond donors (Lipinski definition) is 1. The van der Waals surface area contributed by atoms with E-state index >= 15 is 0 Å². The molecule has 2 rings (SSSR count). The molecular formula is C14H14Br2N2OS. The molecule has 0 amide bonds. The van der Waals surface area contributed by atoms with Crippen LogP contribution >= 0.6 is 44.1 Å². The van der Waals surface area contributed by atoms with Gasteiger partial charge in [0.05, 0.1) is 16.1 Å². The van der Waals surface area contributed by atoms with Gasteiger partial charge in [-0.05, 0) is 56.0 Å². The van der Waals surface area contributed by atoms with Gasteiger partial charge in [-0.1, -0.05) is 26.1 Å². The Balaban J connectivity index is 2.58. The highest BCUT2D eigenvalue weighted by Crippen LogP contribution is 2.31. The lowest BCUT2D eigenvalue weighted by atomic mass is 10.1. The average Bonchev–Trinajstić information content (AvgIpc) is 2.41. The predicted molar refractivity (Wildman–Crippen MR) is 90.9 cm³/mol. The first kappa shape index (κ1) is 15.7. The zero-order valence-electron chi connectivity index (χ0n) is 11.3. The minimum absolute atomic E-state index is 0.328. The van der Waals surface area contributed by atoms with Crippen LogP contribution in [0.15, 0.2) is 27.1 Å². The van der Waals surface area contributed by atoms with Crippen LogP contribution in [0.5, 0.6) is 5.75 Å². The summed E-state index contributed by atoms with van der Waals surface area (Å²) in [7, 11) is 1.64. The summed E-state index contributed by atoms with van der Waals surface area (Å²) >= 11 is 12.3. The van der Waals surface area contributed by atoms with Gasteiger partial charge in [-0.2, -0.15) is 0 Å². The Morgan fingerprint density at radius 2 is 2.00 bits per heavy atom. The van der Waals surface area contributed by atoms with Crippen molar-refractivity contribution in [3.8, 4) is 17.1 Å². The van der Waals surface area contributed by atoms with Gasteiger partial charge < -0.3 is 9.72 Å². The number of methoxy groups -OCH3 is 1. The van der Waals surface area contributed by atoms with Gasteiger partial charge in [-0.25, -0.2) is 4.98 Å². The summed E-state index contributed by atoms with van der Waals surface area (Å²) in [5, 5.41) is 0. The van der Waals surface area contributed by atoms with Crippen LogP contribution in [0, 0.1) is 4.64 Å². The molecule has 106 valence electrons. The topological polar surface area (TPSA) is 37.9 Å². The maximum Gasteiger partial charge on any atom is 0.144 e. The molecule has 3 nitrogen and oxygen atoms in total. The maximum absolute atomic E-state index is 5.31. The second-order valence-corrected chi connectivity index (χ2v) is 6.66. The van der Waals surface area contributed by atoms with Gasteiger partial charge in [0.1, 0.15) is 16.2 Å². The van der Waals surface area contributed by atoms with Crippen LogP contribution in [0.25, 0.3) is 11.4 Å². The molecule has 0 saturated heterocycles. The summed E-state index contributed by atoms with van der Waals surface area (Å²) < 4.78 is 7.54. The van der Waals surface area contributed by atoms with Crippen LogP contribution < -0.4 is 4.74 Å². The van der Waals surface area contributed by atoms with Crippen LogP contribution in [0.3, 0.4) is 0 Å². The fraction of sp³-hybridized carbons (Fsp3) is 0.286. The standard InChI is InChI=1S/C14H14Br2N2OS/c1-7(2)12-11(16)14(20)18-13(17-12)8-4-5-10(19-3)9(15)6-8/h4-7H,1-3H3,(H,17,18,20). The van der Waals surface area contributed by atoms with Crippen molar-refractivity contribution in [2.45, 2.75) is 19.8 Å². The SMILES string of the molecule is COc1ccc(-c2nc(=S)c(Br)c(C(C)C)[nH]2)cc1Br. The van der Waals surface area contributed by atoms with E-state index in [0.717, 1.165) is 31.8 Å². The van der Waals surface area contributed by atoms with E-state index in [4.69, 9.17) is 17.0 Å². The molecule has 2 aromatic rings. The molecule has 0 radical (unpaired) electrons. The van der Waals surface area contributed by atoms with Gasteiger partial charge in [0, 0.05) is 11.3 Å². The normalized spacial score (nSPS) is 10.9. The highest BCUT2D eigenvalue weighted by molar-refractivity contribution is 9.10. The van der Waals surface area contributed by atoms with E-state index in [0.29, 0.717) is 10.6 Å². The summed E-state index contributed by atoms with van der Waals surface area (Å²) in [5.41, 5.74) is 2.00. The number of hydrogen-bond acceptors (Lipinski definition) is 3. The van der Waals surface area contributed by atoms with Crippen molar-refractivity contribution in [2.24, 2.45) is 0 Å². The van der Waals surface area contributed by atoms with Gasteiger partial charge in [-0.3, -0.25) is 0 Å². The Hall–Kier alpha value is -0.720. The molecule has 1 aromatic heterocycles. The molecule has 0 unspecified atom stereocenters. The number of H-pyrrole nitrogens is 1. The second-order valence-electron chi connectivity index (χ2n) is 4.62. The number of rotatable bonds is 3. The van der Waals surface area contributed by atoms with Gasteiger partial charge >= 0.3 is 0 Å². The first-order valence-corrected chi connectivity index (χ1v) is 8.07. The Morgan fingerprint density at radius 3 is 2.55 bits per heavy atom. The minimum atomic E-state index is 0.328. The molecule has 1 heterocycles. The fourth-order valence-corrected chi connectivity index (χ4v) is 3.21. The number of aromatic amines is 1. The molecule has 6 heteroatoms. The van der Waals surface area contributed by atoms with Crippen molar-refractivity contribution in [1.29, 1.82) is 0 Å². The molecule has 0 atom stereocenters. The lowest BCUT2D eigenvalue weighted by Crippen LogP contribution is -2.00. The van der Waals surface area contributed by atoms with Crippen LogP contribution in [0.1, 0.15) is 25.5 Å². The lowest BCUT2D eigenvalue weighted by molar-refractivity contribution is 0.412. The van der Waals surface area contributed by atoms with E-state index in [1.54, 1.807) is 7.11 Å². The third-order valence-corrected chi connectivity index (χ3v) is 4.87. The molecule has 0 bridgehead atoms. The third-order valence-electron chi connectivity index (χ3n) is 2.89. The molecule has 0 fully saturated rings. The van der Waals surface area contributed by atoms with Gasteiger partial charge in [0.2, 0.25) is 0 Å². The van der Waals surface area contributed by atoms with Gasteiger partial charge in [0.25, 0.3) is 0 Å². The Labute approximate surface area is 140 Å². The molecule has 0 aliphatic heterocycles. The number of aromatic nitrogens is 2. The van der Waals surface area contributed by atoms with E-state index in [-0.39, 0.29) is 0 Å². The number of nitrogens with one attached hydrogen (secondary N) is 1. The monoisotopic (exact) mass is 416 g/mol. The highest BCUT2D eigenvalue weighted by Gasteiger charge is 2.12. The Bertz CT molecular complexity index is 698. The smallest absolute Gasteiger partial charge is 0.144 e. The van der Waals surface area contributed by atoms with Crippen LogP contribution in [0.4, 0.5) is 0 Å². The minimum Gasteiger partial charge on any atom is -0.496 e. The number of ether oxygens (including phenoxy) is 1. The average molecular weight is 418 g/mol. The zero-order chi connectivity index (χ0) is 14.9. The summed E-state index contributed by atoms with van der Waals surface area (Å²) in [4.78, 5) is 7.78. The van der Waals surface area contributed by atoms with E-state index in [1.807, 2.05) is 18.2 Å². The first-order valence-electron chi connectivity index (χ1n) is 6.07. The highest BCUT2D eigenvalue weighted by atomic mass is 79.9. The van der Waals surface area contributed by atoms with Gasteiger partial charge in [-0.15, -0.1) is 0 Å². The predicted octanol–water partition coefficient (Wildman–Crippen LogP) is 5.46. The van der Waals surface area contributed by atoms with Crippen molar-refractivity contribution in [3.63, 3.8) is 0 Å². The molecule has 1 aromatic carbocycles. The maximum atomic E-state index is 5.31. The fourth-order valence-electron chi connectivity index (χ4n) is 1.82. The second kappa shape index (κ2) is 6.37. The number of benzene rings is 1. The lowest BCUT2D eigenvalue weighted by Gasteiger charge is -2.12. The largest absolute Gasteiger partial charge is 0.496 e. The zero-order valence-corrected chi connectivity index (χ0v) is 15.3. The van der Waals surface area contributed by atoms with E-state index in [1.165, 1.54) is 0 Å². The molecular weight excluding hydrogens is 404 g/mol. The van der Waals surface area contributed by atoms with Crippen molar-refractivity contribution in [2.75, 3.05) is 7.11 Å². The third kappa shape index (κ3) is 3.13. The van der Waals surface area contributed by atoms with E-state index in [2.05, 4.69) is 55.7 Å². The van der Waals surface area contributed by atoms with E-state index in [9.17, 15) is 0 Å². The van der Waals surface area contributed by atoms with Gasteiger partial charge in [0.15, 0.2) is 0 Å². The van der Waals surface area contributed by atoms with Crippen LogP contribution in [-0.2, 0) is 0 Å². The molecule has 0 aliphatic carbocycles. The van der Waals surface area contributed by atoms with Crippen LogP contribution in [0.2, 0.25) is 0 Å². The number of halogens is 2. The summed E-state index contributed by atoms with van der Waals surface area (Å²) in [5.74, 6) is 1.87. The molecule has 0 spiro atoms. The van der Waals surface area contributed by atoms with Crippen molar-refractivity contribution in [3.05, 3.63) is 37.5 Å². The molecule has 1 N–H and O–H groups in total. The first-order chi connectivity index (χ1) is 9.43. The summed E-state index contributed by atoms with van der Waals surface area (Å²) in [6.45, 7) is 4.22. The Morgan fingerprint density at radius 1 is 1.30 bits per heavy atom. The van der Waals surface area contributed by atoms with E-state index < -0.39 is 0 Å². The molecule has 0 saturated carbocycles. The Kier molecular flexibility index (Phi) is 4.99. The van der Waals surface area contributed by atoms with Crippen LogP contribution in [-0.4, -0.2) is 17.1 Å². The summed E-state index contributed by atoms with van der Waals surface area (Å²) in [6, 6.07) is 5.81. The number of nitrogens with zero attached hydrogens (tertiary/aromatic N) is 1. The van der Waals surface area contributed by atoms with Crippen molar-refractivity contribution >= 4 is 44.1 Å². The molecule has 0 aliphatic rings. The molecule has 20 heavy (non-hydrogen) atoms. The summed E-state index contributed by atoms with van der Waals surface area (Å²) in [6.07, 6.45) is 0.